The van der Waals surface area contributed by atoms with E-state index >= 15 is 0 Å². The molecule has 4 heterocycles. The van der Waals surface area contributed by atoms with E-state index in [1.165, 1.54) is 12.8 Å². The lowest BCUT2D eigenvalue weighted by Gasteiger charge is -2.35. The summed E-state index contributed by atoms with van der Waals surface area (Å²) in [6.45, 7) is 8.53. The first-order valence-electron chi connectivity index (χ1n) is 10.6. The summed E-state index contributed by atoms with van der Waals surface area (Å²) in [5, 5.41) is 11.9. The van der Waals surface area contributed by atoms with E-state index in [1.807, 2.05) is 11.6 Å². The van der Waals surface area contributed by atoms with Gasteiger partial charge in [-0.15, -0.1) is 10.2 Å². The molecule has 0 spiro atoms. The summed E-state index contributed by atoms with van der Waals surface area (Å²) in [4.78, 5) is 14.5. The summed E-state index contributed by atoms with van der Waals surface area (Å²) in [6.07, 6.45) is 7.41. The Hall–Kier alpha value is -2.22. The highest BCUT2D eigenvalue weighted by molar-refractivity contribution is 5.47. The van der Waals surface area contributed by atoms with Crippen LogP contribution in [0, 0.1) is 0 Å². The van der Waals surface area contributed by atoms with Gasteiger partial charge >= 0.3 is 0 Å². The van der Waals surface area contributed by atoms with E-state index in [1.54, 1.807) is 6.33 Å². The highest BCUT2D eigenvalue weighted by atomic mass is 15.3. The molecule has 0 aromatic carbocycles. The summed E-state index contributed by atoms with van der Waals surface area (Å²) >= 11 is 0. The molecule has 2 aromatic heterocycles. The van der Waals surface area contributed by atoms with Crippen molar-refractivity contribution in [3.05, 3.63) is 23.9 Å². The fraction of sp³-hybridized carbons (Fsp3) is 0.700. The number of rotatable bonds is 6. The summed E-state index contributed by atoms with van der Waals surface area (Å²) in [6, 6.07) is 2.88. The number of hydrogen-bond acceptors (Lipinski definition) is 7. The van der Waals surface area contributed by atoms with Crippen molar-refractivity contribution in [3.63, 3.8) is 0 Å². The third-order valence-electron chi connectivity index (χ3n) is 5.94. The number of piperidine rings is 1. The molecule has 2 saturated heterocycles. The molecule has 0 aliphatic carbocycles. The number of hydrogen-bond donors (Lipinski definition) is 1. The van der Waals surface area contributed by atoms with Crippen LogP contribution in [0.4, 0.5) is 11.8 Å². The lowest BCUT2D eigenvalue weighted by molar-refractivity contribution is 0.369. The van der Waals surface area contributed by atoms with Gasteiger partial charge in [-0.05, 0) is 39.0 Å². The van der Waals surface area contributed by atoms with Crippen molar-refractivity contribution in [2.75, 3.05) is 36.0 Å². The minimum Gasteiger partial charge on any atom is -0.356 e. The average molecular weight is 385 g/mol. The fourth-order valence-corrected chi connectivity index (χ4v) is 4.26. The Bertz CT molecular complexity index is 774. The topological polar surface area (TPSA) is 75.0 Å². The molecule has 0 bridgehead atoms. The van der Waals surface area contributed by atoms with Crippen LogP contribution in [0.25, 0.3) is 0 Å². The fourth-order valence-electron chi connectivity index (χ4n) is 4.26. The smallest absolute Gasteiger partial charge is 0.227 e. The van der Waals surface area contributed by atoms with E-state index in [2.05, 4.69) is 45.2 Å². The van der Waals surface area contributed by atoms with Crippen LogP contribution in [0.15, 0.2) is 12.4 Å². The zero-order chi connectivity index (χ0) is 19.5. The van der Waals surface area contributed by atoms with Crippen LogP contribution >= 0.6 is 0 Å². The number of aryl methyl sites for hydroxylation is 2. The van der Waals surface area contributed by atoms with Gasteiger partial charge in [0.1, 0.15) is 18.0 Å². The molecule has 1 atom stereocenters. The van der Waals surface area contributed by atoms with Gasteiger partial charge in [-0.2, -0.15) is 4.98 Å². The third kappa shape index (κ3) is 4.11. The molecule has 0 amide bonds. The van der Waals surface area contributed by atoms with Crippen molar-refractivity contribution in [1.82, 2.24) is 30.0 Å². The first-order valence-corrected chi connectivity index (χ1v) is 10.6. The van der Waals surface area contributed by atoms with Gasteiger partial charge in [0.15, 0.2) is 0 Å². The van der Waals surface area contributed by atoms with E-state index in [0.29, 0.717) is 6.04 Å². The zero-order valence-corrected chi connectivity index (χ0v) is 17.3. The van der Waals surface area contributed by atoms with E-state index < -0.39 is 0 Å². The predicted molar refractivity (Wildman–Crippen MR) is 111 cm³/mol. The molecule has 2 fully saturated rings. The van der Waals surface area contributed by atoms with Crippen molar-refractivity contribution in [1.29, 1.82) is 0 Å². The van der Waals surface area contributed by atoms with Crippen LogP contribution in [0.3, 0.4) is 0 Å². The normalized spacial score (nSPS) is 19.4. The van der Waals surface area contributed by atoms with Gasteiger partial charge < -0.3 is 19.7 Å². The second-order valence-electron chi connectivity index (χ2n) is 8.01. The molecule has 2 aliphatic heterocycles. The molecule has 152 valence electrons. The second kappa shape index (κ2) is 8.43. The van der Waals surface area contributed by atoms with Crippen LogP contribution in [-0.2, 0) is 13.5 Å². The molecule has 28 heavy (non-hydrogen) atoms. The predicted octanol–water partition coefficient (Wildman–Crippen LogP) is 2.09. The van der Waals surface area contributed by atoms with Crippen LogP contribution in [0.5, 0.6) is 0 Å². The molecular formula is C20H32N8. The Kier molecular flexibility index (Phi) is 5.75. The maximum atomic E-state index is 4.92. The molecule has 0 saturated carbocycles. The van der Waals surface area contributed by atoms with Crippen LogP contribution in [-0.4, -0.2) is 57.0 Å². The Morgan fingerprint density at radius 3 is 2.50 bits per heavy atom. The monoisotopic (exact) mass is 384 g/mol. The number of aromatic nitrogens is 5. The number of nitrogens with zero attached hydrogens (tertiary/aromatic N) is 7. The molecule has 2 aromatic rings. The minimum absolute atomic E-state index is 0.205. The quantitative estimate of drug-likeness (QED) is 0.817. The maximum Gasteiger partial charge on any atom is 0.227 e. The van der Waals surface area contributed by atoms with Gasteiger partial charge in [-0.1, -0.05) is 6.92 Å². The largest absolute Gasteiger partial charge is 0.356 e. The van der Waals surface area contributed by atoms with Gasteiger partial charge in [0, 0.05) is 51.0 Å². The Morgan fingerprint density at radius 1 is 1.11 bits per heavy atom. The summed E-state index contributed by atoms with van der Waals surface area (Å²) in [5.41, 5.74) is 1.14. The van der Waals surface area contributed by atoms with E-state index in [0.717, 1.165) is 68.7 Å². The van der Waals surface area contributed by atoms with E-state index in [9.17, 15) is 0 Å². The van der Waals surface area contributed by atoms with E-state index in [-0.39, 0.29) is 6.04 Å². The van der Waals surface area contributed by atoms with Crippen LogP contribution in [0.1, 0.15) is 57.1 Å². The van der Waals surface area contributed by atoms with Crippen molar-refractivity contribution in [2.45, 2.75) is 58.0 Å². The molecule has 8 nitrogen and oxygen atoms in total. The van der Waals surface area contributed by atoms with Gasteiger partial charge in [-0.25, -0.2) is 4.98 Å². The Balaban J connectivity index is 1.39. The van der Waals surface area contributed by atoms with Crippen LogP contribution < -0.4 is 15.1 Å². The molecule has 2 aliphatic rings. The molecule has 8 heteroatoms. The maximum absolute atomic E-state index is 4.92. The van der Waals surface area contributed by atoms with Gasteiger partial charge in [-0.3, -0.25) is 0 Å². The lowest BCUT2D eigenvalue weighted by atomic mass is 10.0. The molecule has 4 rings (SSSR count). The Morgan fingerprint density at radius 2 is 1.86 bits per heavy atom. The van der Waals surface area contributed by atoms with Crippen molar-refractivity contribution >= 4 is 11.8 Å². The summed E-state index contributed by atoms with van der Waals surface area (Å²) in [7, 11) is 1.99. The molecular weight excluding hydrogens is 352 g/mol. The van der Waals surface area contributed by atoms with E-state index in [4.69, 9.17) is 9.97 Å². The molecule has 0 radical (unpaired) electrons. The molecule has 1 N–H and O–H groups in total. The number of anilines is 2. The summed E-state index contributed by atoms with van der Waals surface area (Å²) < 4.78 is 1.99. The molecule has 1 unspecified atom stereocenters. The highest BCUT2D eigenvalue weighted by Gasteiger charge is 2.24. The Labute approximate surface area is 167 Å². The number of nitrogens with one attached hydrogen (secondary N) is 1. The minimum atomic E-state index is 0.205. The average Bonchev–Trinajstić information content (AvgIpc) is 3.40. The van der Waals surface area contributed by atoms with Gasteiger partial charge in [0.05, 0.1) is 6.04 Å². The highest BCUT2D eigenvalue weighted by Crippen LogP contribution is 2.24. The standard InChI is InChI=1S/C20H32N8/c1-4-16-13-18(24-20(23-16)28-9-5-6-10-28)27-11-7-17(8-12-27)22-15(2)19-25-21-14-26(19)3/h13-15,17,22H,4-12H2,1-3H3. The zero-order valence-electron chi connectivity index (χ0n) is 17.3. The van der Waals surface area contributed by atoms with Crippen molar-refractivity contribution < 1.29 is 0 Å². The first-order chi connectivity index (χ1) is 13.6. The summed E-state index contributed by atoms with van der Waals surface area (Å²) in [5.74, 6) is 3.00. The SMILES string of the molecule is CCc1cc(N2CCC(NC(C)c3nncn3C)CC2)nc(N2CCCC2)n1. The van der Waals surface area contributed by atoms with Crippen LogP contribution in [0.2, 0.25) is 0 Å². The third-order valence-corrected chi connectivity index (χ3v) is 5.94. The van der Waals surface area contributed by atoms with Gasteiger partial charge in [0.2, 0.25) is 5.95 Å². The lowest BCUT2D eigenvalue weighted by Crippen LogP contribution is -2.44. The van der Waals surface area contributed by atoms with Gasteiger partial charge in [0.25, 0.3) is 0 Å². The first kappa shape index (κ1) is 19.1. The van der Waals surface area contributed by atoms with Crippen molar-refractivity contribution in [2.24, 2.45) is 7.05 Å². The second-order valence-corrected chi connectivity index (χ2v) is 8.01. The van der Waals surface area contributed by atoms with Crippen molar-refractivity contribution in [3.8, 4) is 0 Å².